The fourth-order valence-corrected chi connectivity index (χ4v) is 4.27. The fraction of sp³-hybridized carbons (Fsp3) is 0.632. The van der Waals surface area contributed by atoms with Crippen LogP contribution in [0.5, 0.6) is 11.5 Å². The summed E-state index contributed by atoms with van der Waals surface area (Å²) in [6, 6.07) is 5.80. The summed E-state index contributed by atoms with van der Waals surface area (Å²) in [5.41, 5.74) is 0.979. The van der Waals surface area contributed by atoms with E-state index in [1.54, 1.807) is 7.11 Å². The normalized spacial score (nSPS) is 25.2. The molecule has 1 aliphatic carbocycles. The van der Waals surface area contributed by atoms with E-state index in [2.05, 4.69) is 0 Å². The van der Waals surface area contributed by atoms with Crippen LogP contribution in [0.25, 0.3) is 0 Å². The van der Waals surface area contributed by atoms with Crippen molar-refractivity contribution in [2.24, 2.45) is 5.92 Å². The number of ether oxygens (including phenoxy) is 3. The van der Waals surface area contributed by atoms with Crippen molar-refractivity contribution in [2.75, 3.05) is 33.4 Å². The number of morpholine rings is 1. The van der Waals surface area contributed by atoms with Gasteiger partial charge >= 0.3 is 0 Å². The maximum absolute atomic E-state index is 13.0. The molecule has 1 atom stereocenters. The second-order valence-corrected chi connectivity index (χ2v) is 7.18. The van der Waals surface area contributed by atoms with E-state index in [-0.39, 0.29) is 17.4 Å². The lowest BCUT2D eigenvalue weighted by Crippen LogP contribution is -2.54. The van der Waals surface area contributed by atoms with Gasteiger partial charge in [0.1, 0.15) is 18.1 Å². The summed E-state index contributed by atoms with van der Waals surface area (Å²) in [5, 5.41) is 0. The zero-order valence-corrected chi connectivity index (χ0v) is 14.3. The molecular weight excluding hydrogens is 306 g/mol. The van der Waals surface area contributed by atoms with E-state index >= 15 is 0 Å². The number of amides is 1. The van der Waals surface area contributed by atoms with Gasteiger partial charge in [0.15, 0.2) is 0 Å². The third-order valence-electron chi connectivity index (χ3n) is 5.60. The van der Waals surface area contributed by atoms with Crippen LogP contribution in [-0.2, 0) is 16.0 Å². The van der Waals surface area contributed by atoms with E-state index in [4.69, 9.17) is 14.2 Å². The van der Waals surface area contributed by atoms with E-state index in [9.17, 15) is 4.79 Å². The van der Waals surface area contributed by atoms with Crippen LogP contribution >= 0.6 is 0 Å². The summed E-state index contributed by atoms with van der Waals surface area (Å²) in [6.07, 6.45) is 5.30. The van der Waals surface area contributed by atoms with Crippen molar-refractivity contribution in [1.82, 2.24) is 4.90 Å². The molecule has 0 bridgehead atoms. The molecule has 24 heavy (non-hydrogen) atoms. The predicted molar refractivity (Wildman–Crippen MR) is 89.4 cm³/mol. The smallest absolute Gasteiger partial charge is 0.229 e. The van der Waals surface area contributed by atoms with E-state index in [0.29, 0.717) is 19.8 Å². The van der Waals surface area contributed by atoms with Gasteiger partial charge in [-0.25, -0.2) is 0 Å². The summed E-state index contributed by atoms with van der Waals surface area (Å²) in [5.74, 6) is 1.77. The van der Waals surface area contributed by atoms with Crippen molar-refractivity contribution < 1.29 is 19.0 Å². The quantitative estimate of drug-likeness (QED) is 0.835. The number of rotatable bonds is 2. The van der Waals surface area contributed by atoms with Crippen molar-refractivity contribution in [3.63, 3.8) is 0 Å². The number of fused-ring (bicyclic) bond motifs is 1. The molecule has 2 heterocycles. The molecule has 0 N–H and O–H groups in total. The number of hydrogen-bond acceptors (Lipinski definition) is 4. The monoisotopic (exact) mass is 331 g/mol. The molecule has 5 heteroatoms. The van der Waals surface area contributed by atoms with Crippen LogP contribution in [0.3, 0.4) is 0 Å². The van der Waals surface area contributed by atoms with E-state index < -0.39 is 0 Å². The first-order chi connectivity index (χ1) is 11.7. The largest absolute Gasteiger partial charge is 0.497 e. The van der Waals surface area contributed by atoms with Crippen molar-refractivity contribution in [3.05, 3.63) is 23.8 Å². The molecule has 3 aliphatic rings. The van der Waals surface area contributed by atoms with Crippen LogP contribution in [0.15, 0.2) is 18.2 Å². The highest BCUT2D eigenvalue weighted by molar-refractivity contribution is 5.80. The van der Waals surface area contributed by atoms with Gasteiger partial charge in [0.05, 0.1) is 25.2 Å². The first-order valence-electron chi connectivity index (χ1n) is 8.92. The molecule has 5 nitrogen and oxygen atoms in total. The van der Waals surface area contributed by atoms with Crippen LogP contribution in [0, 0.1) is 5.92 Å². The topological polar surface area (TPSA) is 48.0 Å². The van der Waals surface area contributed by atoms with Crippen molar-refractivity contribution in [1.29, 1.82) is 0 Å². The molecule has 2 aliphatic heterocycles. The highest BCUT2D eigenvalue weighted by Crippen LogP contribution is 2.37. The molecular formula is C19H25NO4. The van der Waals surface area contributed by atoms with Crippen LogP contribution in [0.2, 0.25) is 0 Å². The number of benzene rings is 1. The Hall–Kier alpha value is -1.75. The van der Waals surface area contributed by atoms with Gasteiger partial charge in [-0.3, -0.25) is 4.79 Å². The Morgan fingerprint density at radius 1 is 1.33 bits per heavy atom. The fourth-order valence-electron chi connectivity index (χ4n) is 4.27. The standard InChI is InChI=1S/C19H25NO4/c1-22-16-4-5-17-14(11-16)10-15(12-23-17)18(21)20-8-9-24-19(13-20)6-2-3-7-19/h4-5,11,15H,2-3,6-10,12-13H2,1H3. The molecule has 130 valence electrons. The van der Waals surface area contributed by atoms with Crippen molar-refractivity contribution in [2.45, 2.75) is 37.7 Å². The highest BCUT2D eigenvalue weighted by Gasteiger charge is 2.42. The molecule has 1 aromatic carbocycles. The summed E-state index contributed by atoms with van der Waals surface area (Å²) in [6.45, 7) is 2.56. The minimum atomic E-state index is -0.110. The van der Waals surface area contributed by atoms with E-state index in [1.165, 1.54) is 12.8 Å². The van der Waals surface area contributed by atoms with Gasteiger partial charge in [-0.1, -0.05) is 12.8 Å². The van der Waals surface area contributed by atoms with Crippen LogP contribution in [-0.4, -0.2) is 49.8 Å². The average Bonchev–Trinajstić information content (AvgIpc) is 3.07. The molecule has 2 fully saturated rings. The minimum Gasteiger partial charge on any atom is -0.497 e. The van der Waals surface area contributed by atoms with Gasteiger partial charge in [-0.15, -0.1) is 0 Å². The van der Waals surface area contributed by atoms with Crippen LogP contribution < -0.4 is 9.47 Å². The highest BCUT2D eigenvalue weighted by atomic mass is 16.5. The summed E-state index contributed by atoms with van der Waals surface area (Å²) >= 11 is 0. The number of carbonyl (C=O) groups excluding carboxylic acids is 1. The van der Waals surface area contributed by atoms with Crippen molar-refractivity contribution in [3.8, 4) is 11.5 Å². The Kier molecular flexibility index (Phi) is 4.12. The molecule has 1 saturated heterocycles. The Labute approximate surface area is 142 Å². The van der Waals surface area contributed by atoms with Crippen molar-refractivity contribution >= 4 is 5.91 Å². The molecule has 0 aromatic heterocycles. The van der Waals surface area contributed by atoms with Gasteiger partial charge in [0, 0.05) is 13.1 Å². The minimum absolute atomic E-state index is 0.0788. The average molecular weight is 331 g/mol. The lowest BCUT2D eigenvalue weighted by molar-refractivity contribution is -0.154. The maximum Gasteiger partial charge on any atom is 0.229 e. The molecule has 1 aromatic rings. The van der Waals surface area contributed by atoms with E-state index in [0.717, 1.165) is 42.9 Å². The summed E-state index contributed by atoms with van der Waals surface area (Å²) < 4.78 is 17.2. The Balaban J connectivity index is 1.46. The zero-order chi connectivity index (χ0) is 16.6. The van der Waals surface area contributed by atoms with E-state index in [1.807, 2.05) is 23.1 Å². The Bertz CT molecular complexity index is 624. The van der Waals surface area contributed by atoms with Gasteiger partial charge in [-0.05, 0) is 43.0 Å². The van der Waals surface area contributed by atoms with Gasteiger partial charge in [-0.2, -0.15) is 0 Å². The number of methoxy groups -OCH3 is 1. The third-order valence-corrected chi connectivity index (χ3v) is 5.60. The molecule has 1 saturated carbocycles. The Morgan fingerprint density at radius 2 is 2.17 bits per heavy atom. The first-order valence-corrected chi connectivity index (χ1v) is 8.92. The molecule has 0 radical (unpaired) electrons. The Morgan fingerprint density at radius 3 is 2.96 bits per heavy atom. The molecule has 1 spiro atoms. The first kappa shape index (κ1) is 15.8. The predicted octanol–water partition coefficient (Wildman–Crippen LogP) is 2.42. The second kappa shape index (κ2) is 6.28. The third kappa shape index (κ3) is 2.86. The van der Waals surface area contributed by atoms with Crippen LogP contribution in [0.4, 0.5) is 0 Å². The van der Waals surface area contributed by atoms with Crippen LogP contribution in [0.1, 0.15) is 31.2 Å². The van der Waals surface area contributed by atoms with Gasteiger partial charge in [0.25, 0.3) is 0 Å². The molecule has 1 amide bonds. The molecule has 1 unspecified atom stereocenters. The number of hydrogen-bond donors (Lipinski definition) is 0. The molecule has 4 rings (SSSR count). The summed E-state index contributed by atoms with van der Waals surface area (Å²) in [4.78, 5) is 15.0. The lowest BCUT2D eigenvalue weighted by atomic mass is 9.93. The van der Waals surface area contributed by atoms with Gasteiger partial charge in [0.2, 0.25) is 5.91 Å². The zero-order valence-electron chi connectivity index (χ0n) is 14.3. The summed E-state index contributed by atoms with van der Waals surface area (Å²) in [7, 11) is 1.66. The lowest BCUT2D eigenvalue weighted by Gasteiger charge is -2.42. The number of carbonyl (C=O) groups is 1. The number of nitrogens with zero attached hydrogens (tertiary/aromatic N) is 1. The SMILES string of the molecule is COc1ccc2c(c1)CC(C(=O)N1CCOC3(CCCC3)C1)CO2. The second-order valence-electron chi connectivity index (χ2n) is 7.18. The van der Waals surface area contributed by atoms with Gasteiger partial charge < -0.3 is 19.1 Å². The maximum atomic E-state index is 13.0.